The molecular weight excluding hydrogens is 186 g/mol. The first-order valence-corrected chi connectivity index (χ1v) is 7.29. The van der Waals surface area contributed by atoms with E-state index in [2.05, 4.69) is 11.5 Å². The van der Waals surface area contributed by atoms with Crippen molar-refractivity contribution in [3.63, 3.8) is 0 Å². The number of rotatable bonds is 3. The molecule has 0 saturated heterocycles. The fourth-order valence-corrected chi connectivity index (χ4v) is 1.60. The Labute approximate surface area is 82.7 Å². The van der Waals surface area contributed by atoms with Crippen LogP contribution in [0.5, 0.6) is 0 Å². The van der Waals surface area contributed by atoms with E-state index in [1.165, 1.54) is 14.1 Å². The Kier molecular flexibility index (Phi) is 31.9. The summed E-state index contributed by atoms with van der Waals surface area (Å²) in [7, 11) is 1.24. The highest BCUT2D eigenvalue weighted by Gasteiger charge is 2.14. The Morgan fingerprint density at radius 1 is 1.08 bits per heavy atom. The average molecular weight is 213 g/mol. The van der Waals surface area contributed by atoms with Crippen molar-refractivity contribution < 1.29 is 10.3 Å². The second-order valence-electron chi connectivity index (χ2n) is 2.70. The third-order valence-electron chi connectivity index (χ3n) is 0.993. The first-order valence-electron chi connectivity index (χ1n) is 4.14. The van der Waals surface area contributed by atoms with Crippen molar-refractivity contribution in [2.24, 2.45) is 17.2 Å². The topological polar surface area (TPSA) is 130 Å². The summed E-state index contributed by atoms with van der Waals surface area (Å²) < 4.78 is 0. The van der Waals surface area contributed by atoms with Crippen LogP contribution in [0.3, 0.4) is 0 Å². The molecule has 0 atom stereocenters. The molecule has 0 amide bonds. The van der Waals surface area contributed by atoms with E-state index in [1.807, 2.05) is 13.1 Å². The van der Waals surface area contributed by atoms with Crippen LogP contribution >= 0.6 is 0 Å². The molecule has 0 aliphatic heterocycles. The van der Waals surface area contributed by atoms with E-state index < -0.39 is 8.32 Å². The van der Waals surface area contributed by atoms with Gasteiger partial charge in [-0.3, -0.25) is 0 Å². The lowest BCUT2D eigenvalue weighted by Gasteiger charge is -2.11. The van der Waals surface area contributed by atoms with Gasteiger partial charge in [0.1, 0.15) is 0 Å². The van der Waals surface area contributed by atoms with Gasteiger partial charge >= 0.3 is 0 Å². The summed E-state index contributed by atoms with van der Waals surface area (Å²) in [5.74, 6) is 0. The molecule has 0 aliphatic rings. The van der Waals surface area contributed by atoms with Crippen LogP contribution in [0.25, 0.3) is 0 Å². The zero-order valence-electron chi connectivity index (χ0n) is 9.30. The Hall–Kier alpha value is 0.0169. The minimum atomic E-state index is -1.76. The van der Waals surface area contributed by atoms with Crippen LogP contribution in [0, 0.1) is 0 Å². The van der Waals surface area contributed by atoms with Gasteiger partial charge in [0, 0.05) is 0 Å². The summed E-state index contributed by atoms with van der Waals surface area (Å²) in [6, 6.07) is 0.934. The van der Waals surface area contributed by atoms with Crippen LogP contribution in [-0.2, 0) is 0 Å². The highest BCUT2D eigenvalue weighted by atomic mass is 28.4. The van der Waals surface area contributed by atoms with E-state index in [4.69, 9.17) is 5.73 Å². The van der Waals surface area contributed by atoms with Gasteiger partial charge in [-0.05, 0) is 46.2 Å². The molecule has 0 aliphatic carbocycles. The summed E-state index contributed by atoms with van der Waals surface area (Å²) in [6.07, 6.45) is 0.968. The molecule has 0 unspecified atom stereocenters. The van der Waals surface area contributed by atoms with Gasteiger partial charge in [0.15, 0.2) is 8.32 Å². The molecule has 0 heterocycles. The Morgan fingerprint density at radius 3 is 1.46 bits per heavy atom. The molecule has 0 saturated carbocycles. The molecule has 86 valence electrons. The number of hydrogen-bond donors (Lipinski definition) is 4. The zero-order chi connectivity index (χ0) is 10.6. The second-order valence-corrected chi connectivity index (χ2v) is 6.83. The maximum absolute atomic E-state index is 9.23. The third-order valence-corrected chi connectivity index (χ3v) is 2.57. The SMILES string of the molecule is CN.CN.C[Si](C)(O)CCCN.O. The van der Waals surface area contributed by atoms with Crippen molar-refractivity contribution in [2.75, 3.05) is 20.6 Å². The Balaban J connectivity index is -0.0000000712. The highest BCUT2D eigenvalue weighted by Crippen LogP contribution is 2.05. The largest absolute Gasteiger partial charge is 0.432 e. The molecule has 0 fully saturated rings. The Bertz CT molecular complexity index is 69.2. The lowest BCUT2D eigenvalue weighted by molar-refractivity contribution is 0.544. The van der Waals surface area contributed by atoms with Gasteiger partial charge < -0.3 is 27.5 Å². The normalized spacial score (nSPS) is 8.31. The quantitative estimate of drug-likeness (QED) is 0.441. The van der Waals surface area contributed by atoms with Gasteiger partial charge in [0.25, 0.3) is 0 Å². The highest BCUT2D eigenvalue weighted by molar-refractivity contribution is 6.69. The van der Waals surface area contributed by atoms with E-state index in [0.717, 1.165) is 12.5 Å². The predicted molar refractivity (Wildman–Crippen MR) is 62.0 cm³/mol. The van der Waals surface area contributed by atoms with Gasteiger partial charge in [-0.15, -0.1) is 0 Å². The van der Waals surface area contributed by atoms with Crippen molar-refractivity contribution in [3.05, 3.63) is 0 Å². The summed E-state index contributed by atoms with van der Waals surface area (Å²) in [5.41, 5.74) is 14.2. The van der Waals surface area contributed by atoms with E-state index in [-0.39, 0.29) is 5.48 Å². The lowest BCUT2D eigenvalue weighted by atomic mass is 10.5. The van der Waals surface area contributed by atoms with Gasteiger partial charge in [0.05, 0.1) is 0 Å². The van der Waals surface area contributed by atoms with Gasteiger partial charge in [-0.25, -0.2) is 0 Å². The van der Waals surface area contributed by atoms with Crippen molar-refractivity contribution in [2.45, 2.75) is 25.6 Å². The van der Waals surface area contributed by atoms with E-state index in [1.54, 1.807) is 0 Å². The predicted octanol–water partition coefficient (Wildman–Crippen LogP) is -1.14. The average Bonchev–Trinajstić information content (AvgIpc) is 2.07. The minimum absolute atomic E-state index is 0. The Morgan fingerprint density at radius 2 is 1.38 bits per heavy atom. The number of hydrogen-bond acceptors (Lipinski definition) is 4. The molecular formula is C7H27N3O2Si. The third kappa shape index (κ3) is 47.9. The van der Waals surface area contributed by atoms with Crippen molar-refractivity contribution in [3.8, 4) is 0 Å². The summed E-state index contributed by atoms with van der Waals surface area (Å²) in [4.78, 5) is 9.23. The van der Waals surface area contributed by atoms with Crippen molar-refractivity contribution >= 4 is 8.32 Å². The molecule has 0 aromatic heterocycles. The molecule has 0 rings (SSSR count). The molecule has 0 aromatic carbocycles. The molecule has 6 heteroatoms. The second kappa shape index (κ2) is 17.9. The fourth-order valence-electron chi connectivity index (χ4n) is 0.535. The van der Waals surface area contributed by atoms with Crippen molar-refractivity contribution in [1.82, 2.24) is 0 Å². The number of nitrogens with two attached hydrogens (primary N) is 3. The monoisotopic (exact) mass is 213 g/mol. The van der Waals surface area contributed by atoms with E-state index in [0.29, 0.717) is 6.54 Å². The molecule has 0 bridgehead atoms. The molecule has 9 N–H and O–H groups in total. The standard InChI is InChI=1S/C5H15NOSi.2CH5N.H2O/c1-8(2,7)5-3-4-6;2*1-2;/h7H,3-6H2,1-2H3;2*2H2,1H3;1H2. The fraction of sp³-hybridized carbons (Fsp3) is 1.00. The lowest BCUT2D eigenvalue weighted by Crippen LogP contribution is -2.25. The summed E-state index contributed by atoms with van der Waals surface area (Å²) in [5, 5.41) is 0. The summed E-state index contributed by atoms with van der Waals surface area (Å²) in [6.45, 7) is 4.57. The first-order chi connectivity index (χ1) is 5.56. The molecule has 13 heavy (non-hydrogen) atoms. The van der Waals surface area contributed by atoms with Crippen LogP contribution in [0.2, 0.25) is 19.1 Å². The maximum Gasteiger partial charge on any atom is 0.182 e. The summed E-state index contributed by atoms with van der Waals surface area (Å²) >= 11 is 0. The molecule has 0 aromatic rings. The zero-order valence-corrected chi connectivity index (χ0v) is 10.3. The van der Waals surface area contributed by atoms with Gasteiger partial charge in [-0.1, -0.05) is 0 Å². The van der Waals surface area contributed by atoms with Crippen LogP contribution in [0.15, 0.2) is 0 Å². The van der Waals surface area contributed by atoms with E-state index in [9.17, 15) is 4.80 Å². The molecule has 5 nitrogen and oxygen atoms in total. The van der Waals surface area contributed by atoms with Crippen LogP contribution < -0.4 is 17.2 Å². The van der Waals surface area contributed by atoms with Crippen LogP contribution in [0.1, 0.15) is 6.42 Å². The first kappa shape index (κ1) is 23.1. The smallest absolute Gasteiger partial charge is 0.182 e. The van der Waals surface area contributed by atoms with Gasteiger partial charge in [-0.2, -0.15) is 0 Å². The van der Waals surface area contributed by atoms with Crippen molar-refractivity contribution in [1.29, 1.82) is 0 Å². The molecule has 0 spiro atoms. The minimum Gasteiger partial charge on any atom is -0.432 e. The van der Waals surface area contributed by atoms with Gasteiger partial charge in [0.2, 0.25) is 0 Å². The van der Waals surface area contributed by atoms with Crippen LogP contribution in [0.4, 0.5) is 0 Å². The van der Waals surface area contributed by atoms with Crippen LogP contribution in [-0.4, -0.2) is 39.2 Å². The maximum atomic E-state index is 9.23. The molecule has 0 radical (unpaired) electrons. The van der Waals surface area contributed by atoms with E-state index >= 15 is 0 Å².